The number of hydrogen-bond acceptors (Lipinski definition) is 4. The molecule has 2 aromatic rings. The quantitative estimate of drug-likeness (QED) is 0.282. The molecule has 1 saturated heterocycles. The molecule has 5 rings (SSSR count). The zero-order chi connectivity index (χ0) is 30.0. The third-order valence-corrected chi connectivity index (χ3v) is 9.02. The van der Waals surface area contributed by atoms with Crippen molar-refractivity contribution in [3.63, 3.8) is 0 Å². The van der Waals surface area contributed by atoms with Crippen molar-refractivity contribution in [2.45, 2.75) is 77.3 Å². The van der Waals surface area contributed by atoms with Crippen molar-refractivity contribution in [2.75, 3.05) is 13.2 Å². The molecule has 232 valence electrons. The van der Waals surface area contributed by atoms with E-state index in [9.17, 15) is 22.0 Å². The van der Waals surface area contributed by atoms with E-state index in [1.807, 2.05) is 0 Å². The summed E-state index contributed by atoms with van der Waals surface area (Å²) in [7, 11) is 0. The van der Waals surface area contributed by atoms with Crippen molar-refractivity contribution in [1.29, 1.82) is 0 Å². The van der Waals surface area contributed by atoms with Gasteiger partial charge in [0.2, 0.25) is 0 Å². The van der Waals surface area contributed by atoms with E-state index in [4.69, 9.17) is 14.2 Å². The Morgan fingerprint density at radius 2 is 1.36 bits per heavy atom. The average molecular weight is 605 g/mol. The summed E-state index contributed by atoms with van der Waals surface area (Å²) in [6.45, 7) is 0.100. The van der Waals surface area contributed by atoms with Crippen molar-refractivity contribution in [3.8, 4) is 22.6 Å². The van der Waals surface area contributed by atoms with E-state index in [0.29, 0.717) is 56.1 Å². The summed E-state index contributed by atoms with van der Waals surface area (Å²) in [5.74, 6) is -5.08. The molecule has 0 spiro atoms. The number of hydrogen-bond donors (Lipinski definition) is 0. The zero-order valence-electron chi connectivity index (χ0n) is 23.3. The molecular weight excluding hydrogens is 569 g/mol. The standard InChI is InChI=1S/C31H35F7O4/c1-17-2-4-18(5-3-17)21-15-39-29(40-16-21)19-6-8-22(9-7-19)31(37,38)42-23-10-11-24(25(32)14-23)20-12-26(33)28(27(34)13-20)41-30(35)36/h10-14,17-19,21-22,29-30H,2-9,15-16H2,1H3. The van der Waals surface area contributed by atoms with Crippen molar-refractivity contribution < 1.29 is 49.7 Å². The van der Waals surface area contributed by atoms with Crippen LogP contribution in [0.15, 0.2) is 30.3 Å². The molecule has 3 aliphatic rings. The molecule has 0 aromatic heterocycles. The molecule has 4 nitrogen and oxygen atoms in total. The summed E-state index contributed by atoms with van der Waals surface area (Å²) in [6.07, 6.45) is 2.19. The molecule has 0 amide bonds. The maximum Gasteiger partial charge on any atom is 0.400 e. The molecule has 11 heteroatoms. The van der Waals surface area contributed by atoms with Crippen LogP contribution in [0.5, 0.6) is 11.5 Å². The molecule has 2 aromatic carbocycles. The van der Waals surface area contributed by atoms with E-state index in [2.05, 4.69) is 11.7 Å². The largest absolute Gasteiger partial charge is 0.432 e. The van der Waals surface area contributed by atoms with Crippen LogP contribution in [0.4, 0.5) is 30.7 Å². The van der Waals surface area contributed by atoms with Crippen molar-refractivity contribution in [2.24, 2.45) is 29.6 Å². The van der Waals surface area contributed by atoms with Gasteiger partial charge in [-0.2, -0.15) is 17.6 Å². The fourth-order valence-corrected chi connectivity index (χ4v) is 6.51. The SMILES string of the molecule is CC1CCC(C2COC(C3CCC(C(F)(F)Oc4ccc(-c5cc(F)c(OC(F)F)c(F)c5)c(F)c4)CC3)OC2)CC1. The summed E-state index contributed by atoms with van der Waals surface area (Å²) in [5, 5.41) is 0. The second-order valence-electron chi connectivity index (χ2n) is 11.9. The minimum atomic E-state index is -3.58. The Labute approximate surface area is 240 Å². The van der Waals surface area contributed by atoms with Gasteiger partial charge in [0.25, 0.3) is 0 Å². The van der Waals surface area contributed by atoms with Gasteiger partial charge in [0.05, 0.1) is 19.1 Å². The van der Waals surface area contributed by atoms with Gasteiger partial charge in [-0.05, 0) is 80.2 Å². The molecule has 2 aliphatic carbocycles. The zero-order valence-corrected chi connectivity index (χ0v) is 23.3. The summed E-state index contributed by atoms with van der Waals surface area (Å²) in [6, 6.07) is 4.01. The van der Waals surface area contributed by atoms with Gasteiger partial charge in [0.1, 0.15) is 11.6 Å². The van der Waals surface area contributed by atoms with E-state index in [1.54, 1.807) is 0 Å². The van der Waals surface area contributed by atoms with Crippen LogP contribution in [0.25, 0.3) is 11.1 Å². The van der Waals surface area contributed by atoms with Gasteiger partial charge in [-0.25, -0.2) is 13.2 Å². The van der Waals surface area contributed by atoms with Gasteiger partial charge in [0, 0.05) is 23.5 Å². The molecule has 42 heavy (non-hydrogen) atoms. The van der Waals surface area contributed by atoms with Crippen LogP contribution in [0, 0.1) is 47.0 Å². The minimum absolute atomic E-state index is 0.0133. The number of alkyl halides is 4. The lowest BCUT2D eigenvalue weighted by atomic mass is 9.76. The molecule has 0 radical (unpaired) electrons. The fourth-order valence-electron chi connectivity index (χ4n) is 6.51. The second kappa shape index (κ2) is 13.0. The van der Waals surface area contributed by atoms with Gasteiger partial charge in [0.15, 0.2) is 23.7 Å². The van der Waals surface area contributed by atoms with Crippen molar-refractivity contribution in [1.82, 2.24) is 0 Å². The van der Waals surface area contributed by atoms with E-state index in [0.717, 1.165) is 18.1 Å². The lowest BCUT2D eigenvalue weighted by Gasteiger charge is -2.41. The van der Waals surface area contributed by atoms with Crippen LogP contribution in [0.3, 0.4) is 0 Å². The van der Waals surface area contributed by atoms with Crippen LogP contribution < -0.4 is 9.47 Å². The summed E-state index contributed by atoms with van der Waals surface area (Å²) in [5.41, 5.74) is -0.659. The smallest absolute Gasteiger partial charge is 0.400 e. The molecule has 3 fully saturated rings. The summed E-state index contributed by atoms with van der Waals surface area (Å²) < 4.78 is 119. The lowest BCUT2D eigenvalue weighted by Crippen LogP contribution is -2.43. The Kier molecular flexibility index (Phi) is 9.56. The first-order valence-electron chi connectivity index (χ1n) is 14.5. The Morgan fingerprint density at radius 3 is 1.93 bits per heavy atom. The Morgan fingerprint density at radius 1 is 0.762 bits per heavy atom. The highest BCUT2D eigenvalue weighted by Crippen LogP contribution is 2.43. The maximum atomic E-state index is 15.1. The molecular formula is C31H35F7O4. The van der Waals surface area contributed by atoms with Gasteiger partial charge in [-0.15, -0.1) is 0 Å². The third-order valence-electron chi connectivity index (χ3n) is 9.02. The van der Waals surface area contributed by atoms with Gasteiger partial charge >= 0.3 is 12.7 Å². The monoisotopic (exact) mass is 604 g/mol. The highest BCUT2D eigenvalue weighted by atomic mass is 19.3. The topological polar surface area (TPSA) is 36.9 Å². The number of ether oxygens (including phenoxy) is 4. The van der Waals surface area contributed by atoms with E-state index >= 15 is 8.78 Å². The van der Waals surface area contributed by atoms with E-state index in [-0.39, 0.29) is 29.9 Å². The van der Waals surface area contributed by atoms with Gasteiger partial charge < -0.3 is 18.9 Å². The first-order chi connectivity index (χ1) is 20.0. The van der Waals surface area contributed by atoms with Crippen molar-refractivity contribution >= 4 is 0 Å². The predicted octanol–water partition coefficient (Wildman–Crippen LogP) is 8.97. The number of rotatable bonds is 8. The third kappa shape index (κ3) is 7.15. The molecule has 2 saturated carbocycles. The van der Waals surface area contributed by atoms with Crippen LogP contribution in [0.1, 0.15) is 58.3 Å². The lowest BCUT2D eigenvalue weighted by molar-refractivity contribution is -0.251. The maximum absolute atomic E-state index is 15.1. The molecule has 0 N–H and O–H groups in total. The minimum Gasteiger partial charge on any atom is -0.432 e. The van der Waals surface area contributed by atoms with Crippen molar-refractivity contribution in [3.05, 3.63) is 47.8 Å². The van der Waals surface area contributed by atoms with Crippen LogP contribution >= 0.6 is 0 Å². The Balaban J connectivity index is 1.14. The van der Waals surface area contributed by atoms with Gasteiger partial charge in [-0.1, -0.05) is 19.8 Å². The van der Waals surface area contributed by atoms with Crippen LogP contribution in [0.2, 0.25) is 0 Å². The summed E-state index contributed by atoms with van der Waals surface area (Å²) in [4.78, 5) is 0. The highest BCUT2D eigenvalue weighted by molar-refractivity contribution is 5.66. The molecule has 1 aliphatic heterocycles. The molecule has 0 unspecified atom stereocenters. The summed E-state index contributed by atoms with van der Waals surface area (Å²) >= 11 is 0. The normalized spacial score (nSPS) is 29.0. The predicted molar refractivity (Wildman–Crippen MR) is 140 cm³/mol. The number of halogens is 7. The molecule has 0 atom stereocenters. The fraction of sp³-hybridized carbons (Fsp3) is 0.613. The van der Waals surface area contributed by atoms with Gasteiger partial charge in [-0.3, -0.25) is 0 Å². The van der Waals surface area contributed by atoms with E-state index in [1.165, 1.54) is 25.7 Å². The molecule has 0 bridgehead atoms. The average Bonchev–Trinajstić information content (AvgIpc) is 2.95. The highest BCUT2D eigenvalue weighted by Gasteiger charge is 2.46. The van der Waals surface area contributed by atoms with Crippen LogP contribution in [-0.4, -0.2) is 32.2 Å². The first kappa shape index (κ1) is 30.9. The van der Waals surface area contributed by atoms with Crippen LogP contribution in [-0.2, 0) is 9.47 Å². The van der Waals surface area contributed by atoms with E-state index < -0.39 is 53.9 Å². The number of benzene rings is 2. The Bertz CT molecular complexity index is 1180. The first-order valence-corrected chi connectivity index (χ1v) is 14.5. The molecule has 1 heterocycles. The second-order valence-corrected chi connectivity index (χ2v) is 11.9. The Hall–Kier alpha value is -2.53.